The quantitative estimate of drug-likeness (QED) is 0.140. The molecule has 0 amide bonds. The summed E-state index contributed by atoms with van der Waals surface area (Å²) in [5.74, 6) is -2.04. The Morgan fingerprint density at radius 2 is 1.60 bits per heavy atom. The lowest BCUT2D eigenvalue weighted by Crippen LogP contribution is -2.72. The molecule has 0 aromatic rings. The average Bonchev–Trinajstić information content (AvgIpc) is 3.38. The summed E-state index contributed by atoms with van der Waals surface area (Å²) in [6.45, 7) is 4.40. The van der Waals surface area contributed by atoms with E-state index in [9.17, 15) is 35.1 Å². The van der Waals surface area contributed by atoms with Crippen molar-refractivity contribution in [2.45, 2.75) is 145 Å². The zero-order valence-electron chi connectivity index (χ0n) is 35.7. The highest BCUT2D eigenvalue weighted by Gasteiger charge is 2.68. The van der Waals surface area contributed by atoms with E-state index in [1.807, 2.05) is 0 Å². The van der Waals surface area contributed by atoms with Gasteiger partial charge in [0.2, 0.25) is 0 Å². The fourth-order valence-electron chi connectivity index (χ4n) is 16.0. The molecule has 60 heavy (non-hydrogen) atoms. The number of carbonyl (C=O) groups is 2. The zero-order chi connectivity index (χ0) is 42.2. The molecule has 9 rings (SSSR count). The summed E-state index contributed by atoms with van der Waals surface area (Å²) in [4.78, 5) is 28.4. The molecule has 5 aliphatic heterocycles. The standard InChI is InChI=1S/C46H74N4O10/c1-3-21(18-51)45(57)59-35-16-31-41(56)39-34(55)15-26(19-52)58-43(39)40-37-29-10-11-49-44(48)38(29)28(9-5-22-4-7-25(54)14-30(22)32(37)20-53)27-8-6-23-13-36(47)50-17-24(23)12-33(27)46(35,2)60-42(31)40/h3,22-33,35-44,49-54,56H,4-20,47-48H2,1-2H3/t22?,23?,24?,25?,26?,27-,28?,29?,30?,31?,32?,33+,35-,36?,37?,38?,39?,40?,41?,42?,43?,44?,46-/m0/s1. The summed E-state index contributed by atoms with van der Waals surface area (Å²) >= 11 is 0. The van der Waals surface area contributed by atoms with Gasteiger partial charge in [-0.05, 0) is 163 Å². The van der Waals surface area contributed by atoms with Crippen LogP contribution in [-0.2, 0) is 23.8 Å². The fourth-order valence-corrected chi connectivity index (χ4v) is 16.0. The molecular weight excluding hydrogens is 769 g/mol. The highest BCUT2D eigenvalue weighted by atomic mass is 16.6. The second kappa shape index (κ2) is 17.4. The van der Waals surface area contributed by atoms with Gasteiger partial charge in [0.1, 0.15) is 17.5 Å². The van der Waals surface area contributed by atoms with Crippen molar-refractivity contribution in [1.82, 2.24) is 10.6 Å². The molecule has 9 fully saturated rings. The highest BCUT2D eigenvalue weighted by Crippen LogP contribution is 2.63. The van der Waals surface area contributed by atoms with Crippen LogP contribution in [-0.4, -0.2) is 125 Å². The molecule has 0 aromatic heterocycles. The summed E-state index contributed by atoms with van der Waals surface area (Å²) in [6.07, 6.45) is 5.34. The monoisotopic (exact) mass is 843 g/mol. The Labute approximate surface area is 355 Å². The Bertz CT molecular complexity index is 1600. The molecule has 4 saturated carbocycles. The van der Waals surface area contributed by atoms with Gasteiger partial charge in [-0.2, -0.15) is 0 Å². The van der Waals surface area contributed by atoms with Crippen LogP contribution in [0.5, 0.6) is 0 Å². The molecule has 0 radical (unpaired) electrons. The molecule has 14 heteroatoms. The average molecular weight is 843 g/mol. The minimum absolute atomic E-state index is 0.00000972. The first-order chi connectivity index (χ1) is 28.9. The fraction of sp³-hybridized carbons (Fsp3) is 0.913. The van der Waals surface area contributed by atoms with E-state index in [-0.39, 0.29) is 103 Å². The topological polar surface area (TPSA) is 239 Å². The van der Waals surface area contributed by atoms with Gasteiger partial charge in [0.05, 0.1) is 67.6 Å². The van der Waals surface area contributed by atoms with Crippen LogP contribution in [0.1, 0.15) is 90.9 Å². The second-order valence-electron chi connectivity index (χ2n) is 21.1. The molecule has 338 valence electrons. The predicted molar refractivity (Wildman–Crippen MR) is 220 cm³/mol. The van der Waals surface area contributed by atoms with E-state index in [4.69, 9.17) is 25.7 Å². The molecule has 14 nitrogen and oxygen atoms in total. The zero-order valence-corrected chi connectivity index (χ0v) is 35.7. The molecule has 4 aliphatic carbocycles. The number of ether oxygens (including phenoxy) is 3. The van der Waals surface area contributed by atoms with Crippen LogP contribution >= 0.6 is 0 Å². The minimum atomic E-state index is -1.17. The van der Waals surface area contributed by atoms with Crippen LogP contribution < -0.4 is 22.1 Å². The number of hydrogen-bond acceptors (Lipinski definition) is 14. The lowest BCUT2D eigenvalue weighted by atomic mass is 9.49. The first-order valence-electron chi connectivity index (χ1n) is 23.8. The normalized spacial score (nSPS) is 53.0. The molecule has 0 spiro atoms. The highest BCUT2D eigenvalue weighted by molar-refractivity contribution is 5.88. The van der Waals surface area contributed by atoms with Crippen LogP contribution in [0.2, 0.25) is 0 Å². The summed E-state index contributed by atoms with van der Waals surface area (Å²) < 4.78 is 21.4. The number of aliphatic hydroxyl groups excluding tert-OH is 5. The third kappa shape index (κ3) is 7.37. The number of Topliss-reactive ketones (excluding diaryl/α,β-unsaturated/α-hetero) is 1. The van der Waals surface area contributed by atoms with Crippen molar-refractivity contribution in [1.29, 1.82) is 0 Å². The van der Waals surface area contributed by atoms with E-state index in [0.717, 1.165) is 64.3 Å². The van der Waals surface area contributed by atoms with Gasteiger partial charge in [-0.1, -0.05) is 6.08 Å². The molecule has 5 heterocycles. The van der Waals surface area contributed by atoms with Gasteiger partial charge in [-0.15, -0.1) is 0 Å². The lowest BCUT2D eigenvalue weighted by Gasteiger charge is -2.64. The SMILES string of the molecule is CC=C(CO)C(=O)O[C@H]1CC2C(O)C3C(=O)CC(CO)OC3C3C2O[C@@]1(C)[C@@H]1CC2CNC(N)CC2CC[C@H]1C1CCC2CCC(O)CC2C(CO)C3C2CCNC(N)C21. The Morgan fingerprint density at radius 3 is 2.35 bits per heavy atom. The number of piperidine rings is 2. The third-order valence-corrected chi connectivity index (χ3v) is 18.7. The van der Waals surface area contributed by atoms with Crippen LogP contribution in [0.4, 0.5) is 0 Å². The first kappa shape index (κ1) is 43.7. The largest absolute Gasteiger partial charge is 0.456 e. The Balaban J connectivity index is 1.29. The van der Waals surface area contributed by atoms with Crippen LogP contribution in [0.3, 0.4) is 0 Å². The van der Waals surface area contributed by atoms with Gasteiger partial charge in [-0.25, -0.2) is 4.79 Å². The van der Waals surface area contributed by atoms with Crippen molar-refractivity contribution in [3.8, 4) is 0 Å². The Hall–Kier alpha value is -1.56. The minimum Gasteiger partial charge on any atom is -0.456 e. The third-order valence-electron chi connectivity index (χ3n) is 18.7. The Morgan fingerprint density at radius 1 is 0.833 bits per heavy atom. The van der Waals surface area contributed by atoms with Crippen molar-refractivity contribution < 1.29 is 49.3 Å². The van der Waals surface area contributed by atoms with Crippen LogP contribution in [0, 0.1) is 82.9 Å². The summed E-state index contributed by atoms with van der Waals surface area (Å²) in [5.41, 5.74) is 13.1. The van der Waals surface area contributed by atoms with Gasteiger partial charge in [0.25, 0.3) is 0 Å². The molecule has 19 unspecified atom stereocenters. The van der Waals surface area contributed by atoms with E-state index < -0.39 is 72.6 Å². The number of nitrogens with one attached hydrogen (secondary N) is 2. The van der Waals surface area contributed by atoms with E-state index in [1.165, 1.54) is 0 Å². The van der Waals surface area contributed by atoms with Crippen molar-refractivity contribution in [3.63, 3.8) is 0 Å². The number of esters is 1. The predicted octanol–water partition coefficient (Wildman–Crippen LogP) is 1.19. The number of hydrogen-bond donors (Lipinski definition) is 9. The van der Waals surface area contributed by atoms with Crippen LogP contribution in [0.15, 0.2) is 11.6 Å². The molecule has 9 aliphatic rings. The van der Waals surface area contributed by atoms with Crippen molar-refractivity contribution in [2.75, 3.05) is 32.9 Å². The number of rotatable bonds is 5. The van der Waals surface area contributed by atoms with Gasteiger partial charge < -0.3 is 61.8 Å². The van der Waals surface area contributed by atoms with Crippen molar-refractivity contribution >= 4 is 11.8 Å². The van der Waals surface area contributed by atoms with Crippen molar-refractivity contribution in [3.05, 3.63) is 11.6 Å². The van der Waals surface area contributed by atoms with E-state index >= 15 is 0 Å². The molecule has 5 saturated heterocycles. The van der Waals surface area contributed by atoms with E-state index in [2.05, 4.69) is 17.6 Å². The van der Waals surface area contributed by atoms with Crippen LogP contribution in [0.25, 0.3) is 0 Å². The smallest absolute Gasteiger partial charge is 0.336 e. The molecule has 0 aromatic carbocycles. The summed E-state index contributed by atoms with van der Waals surface area (Å²) in [7, 11) is 0. The van der Waals surface area contributed by atoms with Gasteiger partial charge in [-0.3, -0.25) is 4.79 Å². The number of fused-ring (bicyclic) bond motifs is 9. The molecule has 4 bridgehead atoms. The molecular formula is C46H74N4O10. The first-order valence-corrected chi connectivity index (χ1v) is 23.8. The number of carbonyl (C=O) groups excluding carboxylic acids is 2. The van der Waals surface area contributed by atoms with Gasteiger partial charge in [0, 0.05) is 24.9 Å². The Kier molecular flexibility index (Phi) is 12.7. The summed E-state index contributed by atoms with van der Waals surface area (Å²) in [6, 6.07) is 0. The lowest BCUT2D eigenvalue weighted by molar-refractivity contribution is -0.315. The number of nitrogens with two attached hydrogens (primary N) is 2. The van der Waals surface area contributed by atoms with Gasteiger partial charge in [0.15, 0.2) is 0 Å². The maximum atomic E-state index is 14.4. The van der Waals surface area contributed by atoms with E-state index in [0.29, 0.717) is 24.8 Å². The molecule has 11 N–H and O–H groups in total. The number of allylic oxidation sites excluding steroid dienone is 1. The van der Waals surface area contributed by atoms with Crippen molar-refractivity contribution in [2.24, 2.45) is 94.3 Å². The van der Waals surface area contributed by atoms with E-state index in [1.54, 1.807) is 13.0 Å². The number of aliphatic hydroxyl groups is 5. The van der Waals surface area contributed by atoms with Gasteiger partial charge >= 0.3 is 5.97 Å². The molecule has 23 atom stereocenters. The maximum absolute atomic E-state index is 14.4. The summed E-state index contributed by atoms with van der Waals surface area (Å²) in [5, 5.41) is 64.0. The number of ketones is 1. The maximum Gasteiger partial charge on any atom is 0.336 e. The second-order valence-corrected chi connectivity index (χ2v) is 21.1.